The van der Waals surface area contributed by atoms with Gasteiger partial charge in [0.2, 0.25) is 11.6 Å². The minimum atomic E-state index is -4.66. The minimum Gasteiger partial charge on any atom is -0.441 e. The van der Waals surface area contributed by atoms with Crippen LogP contribution in [-0.2, 0) is 75.0 Å². The van der Waals surface area contributed by atoms with E-state index in [9.17, 15) is 76.8 Å². The zero-order valence-corrected chi connectivity index (χ0v) is 46.7. The van der Waals surface area contributed by atoms with E-state index >= 15 is 0 Å². The first-order chi connectivity index (χ1) is 36.4. The number of allylic oxidation sites excluding steroid dienone is 6. The third-order valence-corrected chi connectivity index (χ3v) is 17.0. The van der Waals surface area contributed by atoms with Crippen molar-refractivity contribution >= 4 is 69.6 Å². The van der Waals surface area contributed by atoms with E-state index in [1.807, 2.05) is 36.3 Å². The smallest absolute Gasteiger partial charge is 0.404 e. The van der Waals surface area contributed by atoms with E-state index in [1.165, 1.54) is 30.3 Å². The van der Waals surface area contributed by atoms with Crippen molar-refractivity contribution in [2.45, 2.75) is 130 Å². The zero-order chi connectivity index (χ0) is 57.9. The molecule has 2 aromatic carbocycles. The fraction of sp³-hybridized carbons (Fsp3) is 0.571. The highest BCUT2D eigenvalue weighted by atomic mass is 32.2. The second kappa shape index (κ2) is 27.2. The lowest BCUT2D eigenvalue weighted by molar-refractivity contribution is -0.438. The van der Waals surface area contributed by atoms with E-state index in [-0.39, 0.29) is 87.1 Å². The van der Waals surface area contributed by atoms with Crippen LogP contribution >= 0.6 is 0 Å². The predicted octanol–water partition coefficient (Wildman–Crippen LogP) is 2.67. The Balaban J connectivity index is 1.26. The largest absolute Gasteiger partial charge is 0.441 e. The maximum atomic E-state index is 12.7. The molecule has 0 aromatic heterocycles. The van der Waals surface area contributed by atoms with E-state index in [1.54, 1.807) is 30.4 Å². The molecule has 2 amide bonds. The van der Waals surface area contributed by atoms with Crippen LogP contribution in [0.4, 0.5) is 16.2 Å². The van der Waals surface area contributed by atoms with Crippen LogP contribution in [0.15, 0.2) is 82.3 Å². The van der Waals surface area contributed by atoms with Crippen molar-refractivity contribution in [3.8, 4) is 0 Å². The van der Waals surface area contributed by atoms with Gasteiger partial charge in [-0.25, -0.2) is 4.79 Å². The predicted molar refractivity (Wildman–Crippen MR) is 283 cm³/mol. The highest BCUT2D eigenvalue weighted by Crippen LogP contribution is 2.51. The van der Waals surface area contributed by atoms with Crippen molar-refractivity contribution in [1.82, 2.24) is 5.32 Å². The van der Waals surface area contributed by atoms with E-state index in [4.69, 9.17) is 24.7 Å². The maximum Gasteiger partial charge on any atom is 0.404 e. The molecule has 3 aliphatic rings. The number of carbonyl (C=O) groups excluding carboxylic acids is 2. The monoisotopic (exact) mass is 1180 g/mol. The molecule has 2 aromatic rings. The zero-order valence-electron chi connectivity index (χ0n) is 43.4. The summed E-state index contributed by atoms with van der Waals surface area (Å²) in [7, 11) is -17.8. The molecule has 0 radical (unpaired) electrons. The summed E-state index contributed by atoms with van der Waals surface area (Å²) >= 11 is 0. The summed E-state index contributed by atoms with van der Waals surface area (Å²) in [5.41, 5.74) is 7.03. The second-order valence-corrected chi connectivity index (χ2v) is 25.7. The maximum absolute atomic E-state index is 12.7. The first-order valence-corrected chi connectivity index (χ1v) is 31.2. The van der Waals surface area contributed by atoms with Gasteiger partial charge in [0.25, 0.3) is 40.5 Å². The van der Waals surface area contributed by atoms with Crippen LogP contribution in [0, 0.1) is 0 Å². The number of aliphatic hydroxyl groups excluding tert-OH is 3. The molecule has 10 N–H and O–H groups in total. The number of amides is 2. The summed E-state index contributed by atoms with van der Waals surface area (Å²) in [5, 5.41) is 32.9. The number of nitrogens with two attached hydrogens (primary N) is 1. The highest BCUT2D eigenvalue weighted by molar-refractivity contribution is 7.86. The summed E-state index contributed by atoms with van der Waals surface area (Å²) in [5.74, 6) is -1.22. The van der Waals surface area contributed by atoms with Gasteiger partial charge in [-0.3, -0.25) is 23.0 Å². The Labute approximate surface area is 454 Å². The number of hydrogen-bond donors (Lipinski definition) is 9. The number of nitrogens with one attached hydrogen (secondary N) is 1. The standard InChI is InChI=1S/C49H70N4O21S4/c1-48(2)35-30-33(77(65,66)67)17-19-37(35)52(23-10-5-8-16-42(55)51-22-25-71-26-27-72-46-44(57)45(74-47(50)58)43(56)39(32-54)73-46)40(48)14-6-4-7-15-41-49(3,21-9-12-28-75(59,60)61)36-31-34(78(68,69)70)18-20-38(36)53(41)24-11-13-29-76(62,63)64/h4,6-7,14-15,17-20,30-31,39,43-46,54,56-57H,5,8-13,16,21-29,32H2,1-3H3,(H6-,50,51,55,58,59,60,61,62,63,64,65,66,67,68,69,70)/p+1/t39?,43-,44?,45?,46+,49?/m1/s1. The van der Waals surface area contributed by atoms with E-state index < -0.39 is 106 Å². The number of benzene rings is 2. The van der Waals surface area contributed by atoms with Crippen LogP contribution in [0.1, 0.15) is 89.7 Å². The second-order valence-electron chi connectivity index (χ2n) is 19.7. The Morgan fingerprint density at radius 3 is 2.05 bits per heavy atom. The van der Waals surface area contributed by atoms with Crippen LogP contribution in [-0.4, -0.2) is 178 Å². The highest BCUT2D eigenvalue weighted by Gasteiger charge is 2.48. The van der Waals surface area contributed by atoms with Crippen molar-refractivity contribution in [2.75, 3.05) is 62.5 Å². The van der Waals surface area contributed by atoms with Crippen LogP contribution in [0.25, 0.3) is 0 Å². The van der Waals surface area contributed by atoms with E-state index in [0.717, 1.165) is 5.71 Å². The fourth-order valence-corrected chi connectivity index (χ4v) is 12.0. The van der Waals surface area contributed by atoms with Gasteiger partial charge in [-0.15, -0.1) is 0 Å². The minimum absolute atomic E-state index is 0.0158. The quantitative estimate of drug-likeness (QED) is 0.0235. The molecule has 6 atom stereocenters. The van der Waals surface area contributed by atoms with Gasteiger partial charge in [-0.05, 0) is 101 Å². The number of hydrogen-bond acceptors (Lipinski definition) is 18. The third kappa shape index (κ3) is 17.4. The van der Waals surface area contributed by atoms with Crippen LogP contribution < -0.4 is 16.0 Å². The van der Waals surface area contributed by atoms with Crippen molar-refractivity contribution in [3.63, 3.8) is 0 Å². The van der Waals surface area contributed by atoms with Crippen LogP contribution in [0.5, 0.6) is 0 Å². The summed E-state index contributed by atoms with van der Waals surface area (Å²) in [6.07, 6.45) is 3.31. The average molecular weight is 1180 g/mol. The fourth-order valence-electron chi connectivity index (χ4n) is 9.80. The average Bonchev–Trinajstić information content (AvgIpc) is 3.79. The number of primary amides is 1. The van der Waals surface area contributed by atoms with Gasteiger partial charge >= 0.3 is 6.09 Å². The molecule has 4 unspecified atom stereocenters. The number of nitrogens with zero attached hydrogens (tertiary/aromatic N) is 2. The van der Waals surface area contributed by atoms with Gasteiger partial charge in [0.15, 0.2) is 18.1 Å². The lowest BCUT2D eigenvalue weighted by Crippen LogP contribution is -2.60. The molecular weight excluding hydrogens is 1110 g/mol. The van der Waals surface area contributed by atoms with E-state index in [2.05, 4.69) is 5.32 Å². The molecule has 25 nitrogen and oxygen atoms in total. The number of fused-ring (bicyclic) bond motifs is 2. The Bertz CT molecular complexity index is 3050. The number of unbranched alkanes of at least 4 members (excludes halogenated alkanes) is 4. The van der Waals surface area contributed by atoms with Gasteiger partial charge in [-0.1, -0.05) is 24.6 Å². The summed E-state index contributed by atoms with van der Waals surface area (Å²) in [6, 6.07) is 8.46. The molecule has 3 heterocycles. The van der Waals surface area contributed by atoms with Crippen molar-refractivity contribution in [1.29, 1.82) is 0 Å². The van der Waals surface area contributed by atoms with Gasteiger partial charge in [0.1, 0.15) is 24.9 Å². The molecule has 436 valence electrons. The normalized spacial score (nSPS) is 23.1. The molecule has 0 saturated carbocycles. The van der Waals surface area contributed by atoms with Crippen molar-refractivity contribution in [2.24, 2.45) is 5.73 Å². The number of carbonyl (C=O) groups is 2. The first kappa shape index (κ1) is 64.1. The molecule has 0 bridgehead atoms. The van der Waals surface area contributed by atoms with Gasteiger partial charge < -0.3 is 50.2 Å². The lowest BCUT2D eigenvalue weighted by Gasteiger charge is -2.40. The lowest BCUT2D eigenvalue weighted by atomic mass is 9.77. The first-order valence-electron chi connectivity index (χ1n) is 25.1. The van der Waals surface area contributed by atoms with E-state index in [0.29, 0.717) is 54.0 Å². The molecular formula is C49H71N4O21S4+. The Morgan fingerprint density at radius 2 is 1.42 bits per heavy atom. The Morgan fingerprint density at radius 1 is 0.782 bits per heavy atom. The molecule has 5 rings (SSSR count). The molecule has 0 spiro atoms. The number of anilines is 1. The van der Waals surface area contributed by atoms with Gasteiger partial charge in [0, 0.05) is 60.4 Å². The van der Waals surface area contributed by atoms with Crippen molar-refractivity contribution < 1.29 is 100 Å². The number of aliphatic hydroxyl groups is 3. The Hall–Kier alpha value is -4.73. The van der Waals surface area contributed by atoms with Gasteiger partial charge in [-0.2, -0.15) is 38.2 Å². The van der Waals surface area contributed by atoms with Gasteiger partial charge in [0.05, 0.1) is 53.1 Å². The SMILES string of the molecule is CC1(C)C(/C=C/C=C/C=C2\N(CCCCS(=O)(=O)O)c3ccc(S(=O)(=O)O)cc3C2(C)CCCCS(=O)(=O)O)=[N+](CCCCCC(=O)NCCOCCO[C@H]2OC(CO)[C@@H](O)C(OC(N)=O)C2O)c2ccc(S(=O)(=O)O)cc21. The van der Waals surface area contributed by atoms with Crippen LogP contribution in [0.3, 0.4) is 0 Å². The molecule has 1 fully saturated rings. The summed E-state index contributed by atoms with van der Waals surface area (Å²) in [6.45, 7) is 5.88. The number of rotatable bonds is 30. The molecule has 29 heteroatoms. The third-order valence-electron chi connectivity index (χ3n) is 13.7. The topological polar surface area (TPSA) is 394 Å². The Kier molecular flexibility index (Phi) is 22.3. The molecule has 3 aliphatic heterocycles. The molecule has 1 saturated heterocycles. The van der Waals surface area contributed by atoms with Crippen molar-refractivity contribution in [3.05, 3.63) is 83.6 Å². The molecule has 78 heavy (non-hydrogen) atoms. The molecule has 0 aliphatic carbocycles. The summed E-state index contributed by atoms with van der Waals surface area (Å²) in [4.78, 5) is 25.1. The summed E-state index contributed by atoms with van der Waals surface area (Å²) < 4.78 is 157. The van der Waals surface area contributed by atoms with Crippen LogP contribution in [0.2, 0.25) is 0 Å². The number of ether oxygens (including phenoxy) is 4.